The van der Waals surface area contributed by atoms with Crippen LogP contribution >= 0.6 is 11.3 Å². The summed E-state index contributed by atoms with van der Waals surface area (Å²) in [7, 11) is 0. The second-order valence-corrected chi connectivity index (χ2v) is 5.75. The molecular weight excluding hydrogens is 300 g/mol. The van der Waals surface area contributed by atoms with E-state index in [0.29, 0.717) is 12.4 Å². The van der Waals surface area contributed by atoms with E-state index in [-0.39, 0.29) is 0 Å². The molecule has 0 aliphatic rings. The zero-order valence-corrected chi connectivity index (χ0v) is 12.6. The number of ether oxygens (including phenoxy) is 1. The van der Waals surface area contributed by atoms with Gasteiger partial charge in [-0.2, -0.15) is 9.61 Å². The quantitative estimate of drug-likeness (QED) is 0.578. The minimum atomic E-state index is 0.405. The first-order chi connectivity index (χ1) is 10.8. The Kier molecular flexibility index (Phi) is 3.12. The van der Waals surface area contributed by atoms with Gasteiger partial charge in [-0.1, -0.05) is 29.5 Å². The highest BCUT2D eigenvalue weighted by molar-refractivity contribution is 7.16. The summed E-state index contributed by atoms with van der Waals surface area (Å²) in [6, 6.07) is 11.5. The number of hydrogen-bond acceptors (Lipinski definition) is 6. The summed E-state index contributed by atoms with van der Waals surface area (Å²) in [5.74, 6) is 2.30. The molecule has 0 aliphatic carbocycles. The van der Waals surface area contributed by atoms with Crippen LogP contribution in [-0.4, -0.2) is 19.8 Å². The summed E-state index contributed by atoms with van der Waals surface area (Å²) in [6.45, 7) is 2.30. The van der Waals surface area contributed by atoms with Gasteiger partial charge in [-0.25, -0.2) is 0 Å². The first-order valence-electron chi connectivity index (χ1n) is 6.75. The number of benzene rings is 1. The fourth-order valence-corrected chi connectivity index (χ4v) is 2.91. The average Bonchev–Trinajstić information content (AvgIpc) is 3.22. The topological polar surface area (TPSA) is 65.5 Å². The molecule has 0 fully saturated rings. The Bertz CT molecular complexity index is 910. The number of hydrogen-bond donors (Lipinski definition) is 0. The maximum absolute atomic E-state index is 5.71. The van der Waals surface area contributed by atoms with Crippen LogP contribution in [0, 0.1) is 6.92 Å². The van der Waals surface area contributed by atoms with Crippen LogP contribution in [0.25, 0.3) is 16.3 Å². The van der Waals surface area contributed by atoms with Crippen LogP contribution in [0.2, 0.25) is 0 Å². The van der Waals surface area contributed by atoms with Gasteiger partial charge in [0.2, 0.25) is 4.96 Å². The Morgan fingerprint density at radius 1 is 1.18 bits per heavy atom. The fraction of sp³-hybridized carbons (Fsp3) is 0.133. The van der Waals surface area contributed by atoms with Gasteiger partial charge in [0.05, 0.1) is 11.8 Å². The third-order valence-corrected chi connectivity index (χ3v) is 4.11. The molecule has 3 aromatic heterocycles. The predicted molar refractivity (Wildman–Crippen MR) is 81.9 cm³/mol. The van der Waals surface area contributed by atoms with Crippen LogP contribution in [0.15, 0.2) is 47.1 Å². The van der Waals surface area contributed by atoms with Crippen molar-refractivity contribution in [3.8, 4) is 17.1 Å². The molecule has 0 aliphatic heterocycles. The van der Waals surface area contributed by atoms with E-state index in [0.717, 1.165) is 27.0 Å². The summed E-state index contributed by atoms with van der Waals surface area (Å²) in [4.78, 5) is 0.738. The SMILES string of the molecule is Cc1occc1-c1nnc2sc(COc3ccccc3)nn12. The van der Waals surface area contributed by atoms with Gasteiger partial charge in [0, 0.05) is 0 Å². The molecule has 0 radical (unpaired) electrons. The van der Waals surface area contributed by atoms with Crippen LogP contribution in [0.1, 0.15) is 10.8 Å². The minimum absolute atomic E-state index is 0.405. The van der Waals surface area contributed by atoms with Crippen molar-refractivity contribution in [3.63, 3.8) is 0 Å². The Balaban J connectivity index is 1.62. The minimum Gasteiger partial charge on any atom is -0.486 e. The van der Waals surface area contributed by atoms with Gasteiger partial charge in [0.1, 0.15) is 18.1 Å². The third-order valence-electron chi connectivity index (χ3n) is 3.24. The molecule has 0 saturated heterocycles. The molecule has 4 aromatic rings. The van der Waals surface area contributed by atoms with E-state index in [9.17, 15) is 0 Å². The van der Waals surface area contributed by atoms with Crippen molar-refractivity contribution in [2.45, 2.75) is 13.5 Å². The van der Waals surface area contributed by atoms with Crippen LogP contribution in [0.5, 0.6) is 5.75 Å². The summed E-state index contributed by atoms with van der Waals surface area (Å²) in [5.41, 5.74) is 0.897. The van der Waals surface area contributed by atoms with E-state index in [1.54, 1.807) is 10.8 Å². The maximum Gasteiger partial charge on any atom is 0.235 e. The Morgan fingerprint density at radius 2 is 2.05 bits per heavy atom. The summed E-state index contributed by atoms with van der Waals surface area (Å²) >= 11 is 1.46. The van der Waals surface area contributed by atoms with Gasteiger partial charge in [-0.3, -0.25) is 0 Å². The molecule has 1 aromatic carbocycles. The number of fused-ring (bicyclic) bond motifs is 1. The molecule has 0 bridgehead atoms. The Morgan fingerprint density at radius 3 is 2.82 bits per heavy atom. The largest absolute Gasteiger partial charge is 0.486 e. The van der Waals surface area contributed by atoms with Gasteiger partial charge >= 0.3 is 0 Å². The van der Waals surface area contributed by atoms with Crippen molar-refractivity contribution in [3.05, 3.63) is 53.4 Å². The van der Waals surface area contributed by atoms with Gasteiger partial charge in [0.25, 0.3) is 0 Å². The molecule has 7 heteroatoms. The predicted octanol–water partition coefficient (Wildman–Crippen LogP) is 3.33. The normalized spacial score (nSPS) is 11.1. The molecule has 0 saturated carbocycles. The van der Waals surface area contributed by atoms with Crippen molar-refractivity contribution in [1.82, 2.24) is 19.8 Å². The Hall–Kier alpha value is -2.67. The van der Waals surface area contributed by atoms with Gasteiger partial charge in [-0.15, -0.1) is 10.2 Å². The molecule has 0 unspecified atom stereocenters. The molecule has 0 spiro atoms. The Labute approximate surface area is 130 Å². The first kappa shape index (κ1) is 13.0. The van der Waals surface area contributed by atoms with Crippen molar-refractivity contribution < 1.29 is 9.15 Å². The molecule has 6 nitrogen and oxygen atoms in total. The standard InChI is InChI=1S/C15H12N4O2S/c1-10-12(7-8-20-10)14-16-17-15-19(14)18-13(22-15)9-21-11-5-3-2-4-6-11/h2-8H,9H2,1H3. The molecule has 0 amide bonds. The van der Waals surface area contributed by atoms with E-state index < -0.39 is 0 Å². The molecule has 3 heterocycles. The molecule has 110 valence electrons. The average molecular weight is 312 g/mol. The van der Waals surface area contributed by atoms with E-state index >= 15 is 0 Å². The number of aryl methyl sites for hydroxylation is 1. The first-order valence-corrected chi connectivity index (χ1v) is 7.56. The second kappa shape index (κ2) is 5.27. The van der Waals surface area contributed by atoms with Gasteiger partial charge in [-0.05, 0) is 25.1 Å². The lowest BCUT2D eigenvalue weighted by Crippen LogP contribution is -1.97. The monoisotopic (exact) mass is 312 g/mol. The highest BCUT2D eigenvalue weighted by Gasteiger charge is 2.16. The lowest BCUT2D eigenvalue weighted by Gasteiger charge is -2.02. The van der Waals surface area contributed by atoms with Crippen LogP contribution in [0.4, 0.5) is 0 Å². The van der Waals surface area contributed by atoms with Crippen molar-refractivity contribution in [2.75, 3.05) is 0 Å². The second-order valence-electron chi connectivity index (χ2n) is 4.71. The lowest BCUT2D eigenvalue weighted by atomic mass is 10.2. The highest BCUT2D eigenvalue weighted by Crippen LogP contribution is 2.25. The highest BCUT2D eigenvalue weighted by atomic mass is 32.1. The van der Waals surface area contributed by atoms with E-state index in [1.807, 2.05) is 43.3 Å². The van der Waals surface area contributed by atoms with Crippen molar-refractivity contribution >= 4 is 16.3 Å². The fourth-order valence-electron chi connectivity index (χ4n) is 2.16. The molecule has 0 N–H and O–H groups in total. The van der Waals surface area contributed by atoms with Crippen molar-refractivity contribution in [2.24, 2.45) is 0 Å². The number of aromatic nitrogens is 4. The number of nitrogens with zero attached hydrogens (tertiary/aromatic N) is 4. The van der Waals surface area contributed by atoms with E-state index in [1.165, 1.54) is 11.3 Å². The maximum atomic E-state index is 5.71. The number of rotatable bonds is 4. The zero-order chi connectivity index (χ0) is 14.9. The van der Waals surface area contributed by atoms with Gasteiger partial charge < -0.3 is 9.15 Å². The number of furan rings is 1. The van der Waals surface area contributed by atoms with Gasteiger partial charge in [0.15, 0.2) is 10.8 Å². The smallest absolute Gasteiger partial charge is 0.235 e. The summed E-state index contributed by atoms with van der Waals surface area (Å²) in [6.07, 6.45) is 1.64. The van der Waals surface area contributed by atoms with Crippen LogP contribution in [-0.2, 0) is 6.61 Å². The molecule has 22 heavy (non-hydrogen) atoms. The zero-order valence-electron chi connectivity index (χ0n) is 11.8. The van der Waals surface area contributed by atoms with Crippen molar-refractivity contribution in [1.29, 1.82) is 0 Å². The summed E-state index contributed by atoms with van der Waals surface area (Å²) in [5, 5.41) is 13.7. The van der Waals surface area contributed by atoms with E-state index in [4.69, 9.17) is 9.15 Å². The molecule has 0 atom stereocenters. The van der Waals surface area contributed by atoms with Crippen LogP contribution in [0.3, 0.4) is 0 Å². The molecule has 4 rings (SSSR count). The third kappa shape index (κ3) is 2.25. The van der Waals surface area contributed by atoms with E-state index in [2.05, 4.69) is 15.3 Å². The lowest BCUT2D eigenvalue weighted by molar-refractivity contribution is 0.304. The number of para-hydroxylation sites is 1. The van der Waals surface area contributed by atoms with Crippen LogP contribution < -0.4 is 4.74 Å². The summed E-state index contributed by atoms with van der Waals surface area (Å²) < 4.78 is 12.8. The molecular formula is C15H12N4O2S.